The van der Waals surface area contributed by atoms with Gasteiger partial charge in [0, 0.05) is 30.9 Å². The number of ether oxygens (including phenoxy) is 2. The SMILES string of the molecule is COc1ccc2nc(CNc3cc(N4CCOCC4)cc4c3ncn4C(C)C)[nH]c2c1.O=C(O)C(F)(F)F. The van der Waals surface area contributed by atoms with Gasteiger partial charge in [-0.3, -0.25) is 0 Å². The van der Waals surface area contributed by atoms with Gasteiger partial charge in [0.15, 0.2) is 0 Å². The first-order chi connectivity index (χ1) is 18.1. The third kappa shape index (κ3) is 6.10. The Morgan fingerprint density at radius 1 is 1.24 bits per heavy atom. The summed E-state index contributed by atoms with van der Waals surface area (Å²) in [4.78, 5) is 24.1. The number of fused-ring (bicyclic) bond motifs is 2. The predicted molar refractivity (Wildman–Crippen MR) is 137 cm³/mol. The Labute approximate surface area is 216 Å². The molecule has 5 rings (SSSR count). The molecule has 13 heteroatoms. The number of imidazole rings is 2. The van der Waals surface area contributed by atoms with Gasteiger partial charge in [-0.1, -0.05) is 0 Å². The number of aliphatic carboxylic acids is 1. The molecular formula is C25H29F3N6O4. The van der Waals surface area contributed by atoms with Gasteiger partial charge in [0.05, 0.1) is 55.4 Å². The lowest BCUT2D eigenvalue weighted by molar-refractivity contribution is -0.192. The molecule has 0 unspecified atom stereocenters. The van der Waals surface area contributed by atoms with Gasteiger partial charge in [-0.25, -0.2) is 14.8 Å². The van der Waals surface area contributed by atoms with Crippen LogP contribution in [0.25, 0.3) is 22.1 Å². The van der Waals surface area contributed by atoms with Gasteiger partial charge in [-0.2, -0.15) is 13.2 Å². The fraction of sp³-hybridized carbons (Fsp3) is 0.400. The molecule has 2 aromatic carbocycles. The summed E-state index contributed by atoms with van der Waals surface area (Å²) in [6.07, 6.45) is -3.16. The number of nitrogens with zero attached hydrogens (tertiary/aromatic N) is 4. The van der Waals surface area contributed by atoms with Crippen LogP contribution in [-0.2, 0) is 16.1 Å². The van der Waals surface area contributed by atoms with Gasteiger partial charge in [0.2, 0.25) is 0 Å². The molecule has 10 nitrogen and oxygen atoms in total. The number of hydrogen-bond donors (Lipinski definition) is 3. The topological polar surface area (TPSA) is 118 Å². The number of aromatic amines is 1. The van der Waals surface area contributed by atoms with E-state index >= 15 is 0 Å². The van der Waals surface area contributed by atoms with Crippen LogP contribution in [0.5, 0.6) is 5.75 Å². The van der Waals surface area contributed by atoms with Gasteiger partial charge < -0.3 is 34.3 Å². The first kappa shape index (κ1) is 27.0. The molecule has 38 heavy (non-hydrogen) atoms. The third-order valence-corrected chi connectivity index (χ3v) is 6.02. The van der Waals surface area contributed by atoms with E-state index in [1.807, 2.05) is 24.5 Å². The van der Waals surface area contributed by atoms with E-state index in [4.69, 9.17) is 29.3 Å². The quantitative estimate of drug-likeness (QED) is 0.329. The Bertz CT molecular complexity index is 1410. The number of benzene rings is 2. The van der Waals surface area contributed by atoms with Crippen LogP contribution in [0.3, 0.4) is 0 Å². The normalized spacial score (nSPS) is 14.0. The van der Waals surface area contributed by atoms with Crippen molar-refractivity contribution >= 4 is 39.4 Å². The molecule has 1 aliphatic heterocycles. The molecule has 0 atom stereocenters. The number of H-pyrrole nitrogens is 1. The number of alkyl halides is 3. The number of nitrogens with one attached hydrogen (secondary N) is 2. The van der Waals surface area contributed by atoms with Crippen LogP contribution in [0.2, 0.25) is 0 Å². The first-order valence-corrected chi connectivity index (χ1v) is 12.0. The molecule has 2 aromatic heterocycles. The zero-order valence-electron chi connectivity index (χ0n) is 21.2. The maximum absolute atomic E-state index is 10.6. The molecule has 1 aliphatic rings. The number of aromatic nitrogens is 4. The van der Waals surface area contributed by atoms with Crippen LogP contribution in [0.15, 0.2) is 36.7 Å². The van der Waals surface area contributed by atoms with Crippen molar-refractivity contribution in [2.24, 2.45) is 0 Å². The maximum atomic E-state index is 10.6. The van der Waals surface area contributed by atoms with E-state index in [1.165, 1.54) is 5.69 Å². The molecular weight excluding hydrogens is 505 g/mol. The second kappa shape index (κ2) is 11.2. The fourth-order valence-corrected chi connectivity index (χ4v) is 4.10. The summed E-state index contributed by atoms with van der Waals surface area (Å²) in [6.45, 7) is 8.24. The van der Waals surface area contributed by atoms with Gasteiger partial charge in [-0.05, 0) is 38.1 Å². The number of morpholine rings is 1. The van der Waals surface area contributed by atoms with E-state index < -0.39 is 12.1 Å². The lowest BCUT2D eigenvalue weighted by atomic mass is 10.2. The highest BCUT2D eigenvalue weighted by Gasteiger charge is 2.38. The summed E-state index contributed by atoms with van der Waals surface area (Å²) in [5, 5.41) is 10.7. The van der Waals surface area contributed by atoms with Gasteiger partial charge in [-0.15, -0.1) is 0 Å². The summed E-state index contributed by atoms with van der Waals surface area (Å²) in [7, 11) is 1.67. The second-order valence-corrected chi connectivity index (χ2v) is 8.93. The van der Waals surface area contributed by atoms with Crippen LogP contribution in [0.1, 0.15) is 25.7 Å². The summed E-state index contributed by atoms with van der Waals surface area (Å²) >= 11 is 0. The Balaban J connectivity index is 0.000000426. The zero-order chi connectivity index (χ0) is 27.4. The summed E-state index contributed by atoms with van der Waals surface area (Å²) < 4.78 is 44.8. The summed E-state index contributed by atoms with van der Waals surface area (Å²) in [6, 6.07) is 10.6. The lowest BCUT2D eigenvalue weighted by Crippen LogP contribution is -2.36. The van der Waals surface area contributed by atoms with Crippen molar-refractivity contribution in [3.63, 3.8) is 0 Å². The molecule has 4 aromatic rings. The van der Waals surface area contributed by atoms with Crippen LogP contribution in [0, 0.1) is 0 Å². The number of hydrogen-bond acceptors (Lipinski definition) is 7. The molecule has 1 saturated heterocycles. The standard InChI is InChI=1S/C23H28N6O2.C2HF3O2/c1-15(2)29-14-25-23-20(10-16(11-21(23)29)28-6-8-31-9-7-28)24-13-22-26-18-5-4-17(30-3)12-19(18)27-22;3-2(4,5)1(6)7/h4-5,10-12,14-15,24H,6-9,13H2,1-3H3,(H,26,27);(H,6,7). The number of methoxy groups -OCH3 is 1. The van der Waals surface area contributed by atoms with Crippen LogP contribution >= 0.6 is 0 Å². The molecule has 0 bridgehead atoms. The monoisotopic (exact) mass is 534 g/mol. The average molecular weight is 535 g/mol. The lowest BCUT2D eigenvalue weighted by Gasteiger charge is -2.29. The molecule has 3 N–H and O–H groups in total. The van der Waals surface area contributed by atoms with Crippen molar-refractivity contribution in [3.8, 4) is 5.75 Å². The molecule has 0 radical (unpaired) electrons. The minimum absolute atomic E-state index is 0.336. The van der Waals surface area contributed by atoms with Crippen LogP contribution < -0.4 is 15.0 Å². The number of rotatable bonds is 6. The van der Waals surface area contributed by atoms with E-state index in [0.29, 0.717) is 12.6 Å². The van der Waals surface area contributed by atoms with E-state index in [1.54, 1.807) is 7.11 Å². The van der Waals surface area contributed by atoms with Crippen molar-refractivity contribution in [1.29, 1.82) is 0 Å². The van der Waals surface area contributed by atoms with Crippen molar-refractivity contribution in [1.82, 2.24) is 19.5 Å². The number of carbonyl (C=O) groups is 1. The maximum Gasteiger partial charge on any atom is 0.490 e. The highest BCUT2D eigenvalue weighted by molar-refractivity contribution is 5.92. The highest BCUT2D eigenvalue weighted by atomic mass is 19.4. The van der Waals surface area contributed by atoms with Crippen molar-refractivity contribution in [2.45, 2.75) is 32.6 Å². The minimum Gasteiger partial charge on any atom is -0.497 e. The highest BCUT2D eigenvalue weighted by Crippen LogP contribution is 2.32. The zero-order valence-corrected chi connectivity index (χ0v) is 21.2. The molecule has 0 saturated carbocycles. The van der Waals surface area contributed by atoms with Gasteiger partial charge >= 0.3 is 12.1 Å². The Morgan fingerprint density at radius 2 is 1.95 bits per heavy atom. The Kier molecular flexibility index (Phi) is 7.95. The van der Waals surface area contributed by atoms with Crippen molar-refractivity contribution in [2.75, 3.05) is 43.6 Å². The molecule has 1 fully saturated rings. The average Bonchev–Trinajstić information content (AvgIpc) is 3.51. The van der Waals surface area contributed by atoms with E-state index in [2.05, 4.69) is 45.7 Å². The fourth-order valence-electron chi connectivity index (χ4n) is 4.10. The predicted octanol–water partition coefficient (Wildman–Crippen LogP) is 4.58. The largest absolute Gasteiger partial charge is 0.497 e. The van der Waals surface area contributed by atoms with E-state index in [0.717, 1.165) is 65.6 Å². The number of carboxylic acids is 1. The number of halogens is 3. The molecule has 0 amide bonds. The van der Waals surface area contributed by atoms with Crippen molar-refractivity contribution < 1.29 is 32.5 Å². The molecule has 204 valence electrons. The molecule has 3 heterocycles. The first-order valence-electron chi connectivity index (χ1n) is 12.0. The smallest absolute Gasteiger partial charge is 0.490 e. The van der Waals surface area contributed by atoms with E-state index in [9.17, 15) is 13.2 Å². The second-order valence-electron chi connectivity index (χ2n) is 8.93. The summed E-state index contributed by atoms with van der Waals surface area (Å²) in [5.74, 6) is -1.07. The Hall–Kier alpha value is -4.00. The van der Waals surface area contributed by atoms with Crippen molar-refractivity contribution in [3.05, 3.63) is 42.5 Å². The van der Waals surface area contributed by atoms with Crippen LogP contribution in [-0.4, -0.2) is 70.2 Å². The minimum atomic E-state index is -5.08. The van der Waals surface area contributed by atoms with Crippen LogP contribution in [0.4, 0.5) is 24.5 Å². The molecule has 0 aliphatic carbocycles. The van der Waals surface area contributed by atoms with Gasteiger partial charge in [0.25, 0.3) is 0 Å². The molecule has 0 spiro atoms. The summed E-state index contributed by atoms with van der Waals surface area (Å²) in [5.41, 5.74) is 6.20. The van der Waals surface area contributed by atoms with E-state index in [-0.39, 0.29) is 0 Å². The number of anilines is 2. The van der Waals surface area contributed by atoms with Gasteiger partial charge in [0.1, 0.15) is 17.1 Å². The third-order valence-electron chi connectivity index (χ3n) is 6.02. The Morgan fingerprint density at radius 3 is 2.58 bits per heavy atom. The number of carboxylic acid groups (broad SMARTS) is 1.